The molecule has 26 heavy (non-hydrogen) atoms. The van der Waals surface area contributed by atoms with E-state index in [0.717, 1.165) is 0 Å². The van der Waals surface area contributed by atoms with Gasteiger partial charge in [0.2, 0.25) is 11.6 Å². The molecule has 0 saturated carbocycles. The number of halogens is 1. The highest BCUT2D eigenvalue weighted by Gasteiger charge is 2.27. The second kappa shape index (κ2) is 9.59. The normalized spacial score (nSPS) is 10.6. The van der Waals surface area contributed by atoms with Crippen molar-refractivity contribution in [1.82, 2.24) is 9.97 Å². The molecule has 0 atom stereocenters. The molecule has 2 rings (SSSR count). The largest absolute Gasteiger partial charge is 0.383 e. The van der Waals surface area contributed by atoms with Gasteiger partial charge in [-0.3, -0.25) is 10.1 Å². The van der Waals surface area contributed by atoms with Crippen LogP contribution in [0.4, 0.5) is 27.4 Å². The Kier molecular flexibility index (Phi) is 7.18. The van der Waals surface area contributed by atoms with Crippen LogP contribution in [-0.2, 0) is 9.47 Å². The lowest BCUT2D eigenvalue weighted by Crippen LogP contribution is -2.32. The molecule has 0 spiro atoms. The number of hydrogen-bond donors (Lipinski definition) is 1. The third-order valence-electron chi connectivity index (χ3n) is 3.52. The number of nitrogens with one attached hydrogen (secondary N) is 1. The zero-order chi connectivity index (χ0) is 18.9. The van der Waals surface area contributed by atoms with Crippen LogP contribution in [0.15, 0.2) is 30.6 Å². The van der Waals surface area contributed by atoms with E-state index in [0.29, 0.717) is 32.0 Å². The van der Waals surface area contributed by atoms with Crippen LogP contribution in [0.1, 0.15) is 0 Å². The lowest BCUT2D eigenvalue weighted by atomic mass is 10.3. The van der Waals surface area contributed by atoms with E-state index in [-0.39, 0.29) is 17.3 Å². The second-order valence-corrected chi connectivity index (χ2v) is 5.26. The summed E-state index contributed by atoms with van der Waals surface area (Å²) in [7, 11) is 3.09. The Morgan fingerprint density at radius 3 is 2.31 bits per heavy atom. The number of rotatable bonds is 10. The summed E-state index contributed by atoms with van der Waals surface area (Å²) in [6.07, 6.45) is 1.24. The molecule has 1 heterocycles. The zero-order valence-corrected chi connectivity index (χ0v) is 14.5. The minimum absolute atomic E-state index is 0.0199. The number of methoxy groups -OCH3 is 2. The van der Waals surface area contributed by atoms with Crippen molar-refractivity contribution in [2.24, 2.45) is 0 Å². The monoisotopic (exact) mass is 365 g/mol. The summed E-state index contributed by atoms with van der Waals surface area (Å²) in [6, 6.07) is 5.43. The van der Waals surface area contributed by atoms with Gasteiger partial charge in [-0.05, 0) is 24.3 Å². The number of benzene rings is 1. The Morgan fingerprint density at radius 2 is 1.77 bits per heavy atom. The highest BCUT2D eigenvalue weighted by Crippen LogP contribution is 2.33. The fourth-order valence-electron chi connectivity index (χ4n) is 2.26. The van der Waals surface area contributed by atoms with Crippen molar-refractivity contribution in [2.75, 3.05) is 50.7 Å². The molecular weight excluding hydrogens is 345 g/mol. The number of hydrogen-bond acceptors (Lipinski definition) is 8. The highest BCUT2D eigenvalue weighted by atomic mass is 19.1. The van der Waals surface area contributed by atoms with Gasteiger partial charge in [0.25, 0.3) is 0 Å². The van der Waals surface area contributed by atoms with Crippen LogP contribution in [0.3, 0.4) is 0 Å². The number of nitro groups is 1. The number of anilines is 3. The predicted molar refractivity (Wildman–Crippen MR) is 94.3 cm³/mol. The molecule has 0 unspecified atom stereocenters. The molecule has 0 saturated heterocycles. The van der Waals surface area contributed by atoms with Crippen molar-refractivity contribution in [3.05, 3.63) is 46.5 Å². The van der Waals surface area contributed by atoms with Crippen molar-refractivity contribution < 1.29 is 18.8 Å². The molecule has 0 radical (unpaired) electrons. The average molecular weight is 365 g/mol. The Bertz CT molecular complexity index is 721. The van der Waals surface area contributed by atoms with E-state index in [9.17, 15) is 14.5 Å². The molecule has 2 aromatic rings. The van der Waals surface area contributed by atoms with Crippen LogP contribution in [-0.4, -0.2) is 55.4 Å². The predicted octanol–water partition coefficient (Wildman–Crippen LogP) is 2.37. The van der Waals surface area contributed by atoms with Gasteiger partial charge < -0.3 is 19.7 Å². The molecule has 9 nitrogen and oxygen atoms in total. The van der Waals surface area contributed by atoms with E-state index < -0.39 is 10.7 Å². The number of aromatic nitrogens is 2. The second-order valence-electron chi connectivity index (χ2n) is 5.26. The van der Waals surface area contributed by atoms with Gasteiger partial charge in [-0.1, -0.05) is 0 Å². The molecular formula is C16H20FN5O4. The van der Waals surface area contributed by atoms with Crippen molar-refractivity contribution in [1.29, 1.82) is 0 Å². The summed E-state index contributed by atoms with van der Waals surface area (Å²) >= 11 is 0. The summed E-state index contributed by atoms with van der Waals surface area (Å²) in [5, 5.41) is 14.5. The van der Waals surface area contributed by atoms with Gasteiger partial charge in [0.1, 0.15) is 12.1 Å². The average Bonchev–Trinajstić information content (AvgIpc) is 2.63. The lowest BCUT2D eigenvalue weighted by Gasteiger charge is -2.23. The maximum atomic E-state index is 13.0. The van der Waals surface area contributed by atoms with E-state index >= 15 is 0 Å². The van der Waals surface area contributed by atoms with Crippen LogP contribution in [0.2, 0.25) is 0 Å². The van der Waals surface area contributed by atoms with Crippen LogP contribution < -0.4 is 10.2 Å². The minimum atomic E-state index is -0.548. The first kappa shape index (κ1) is 19.5. The highest BCUT2D eigenvalue weighted by molar-refractivity contribution is 5.74. The maximum absolute atomic E-state index is 13.0. The van der Waals surface area contributed by atoms with E-state index in [4.69, 9.17) is 9.47 Å². The Hall–Kier alpha value is -2.85. The fourth-order valence-corrected chi connectivity index (χ4v) is 2.26. The molecule has 0 amide bonds. The van der Waals surface area contributed by atoms with Gasteiger partial charge in [-0.2, -0.15) is 0 Å². The van der Waals surface area contributed by atoms with Crippen LogP contribution in [0.25, 0.3) is 0 Å². The van der Waals surface area contributed by atoms with Crippen molar-refractivity contribution in [2.45, 2.75) is 0 Å². The third kappa shape index (κ3) is 5.07. The smallest absolute Gasteiger partial charge is 0.353 e. The summed E-state index contributed by atoms with van der Waals surface area (Å²) in [5.74, 6) is -0.228. The van der Waals surface area contributed by atoms with Gasteiger partial charge in [0, 0.05) is 33.0 Å². The van der Waals surface area contributed by atoms with E-state index in [1.54, 1.807) is 19.1 Å². The Morgan fingerprint density at radius 1 is 1.15 bits per heavy atom. The zero-order valence-electron chi connectivity index (χ0n) is 14.5. The SMILES string of the molecule is COCCN(CCOC)c1ncnc(Nc2ccc(F)cc2)c1[N+](=O)[O-]. The molecule has 140 valence electrons. The van der Waals surface area contributed by atoms with Gasteiger partial charge in [0.05, 0.1) is 18.1 Å². The first-order chi connectivity index (χ1) is 12.6. The van der Waals surface area contributed by atoms with Crippen molar-refractivity contribution in [3.8, 4) is 0 Å². The van der Waals surface area contributed by atoms with Gasteiger partial charge >= 0.3 is 5.69 Å². The molecule has 0 aliphatic heterocycles. The third-order valence-corrected chi connectivity index (χ3v) is 3.52. The first-order valence-electron chi connectivity index (χ1n) is 7.81. The van der Waals surface area contributed by atoms with E-state index in [2.05, 4.69) is 15.3 Å². The molecule has 0 bridgehead atoms. The van der Waals surface area contributed by atoms with Crippen LogP contribution in [0.5, 0.6) is 0 Å². The molecule has 1 N–H and O–H groups in total. The summed E-state index contributed by atoms with van der Waals surface area (Å²) < 4.78 is 23.2. The first-order valence-corrected chi connectivity index (χ1v) is 7.81. The van der Waals surface area contributed by atoms with Gasteiger partial charge in [-0.25, -0.2) is 14.4 Å². The fraction of sp³-hybridized carbons (Fsp3) is 0.375. The minimum Gasteiger partial charge on any atom is -0.383 e. The number of nitrogens with zero attached hydrogens (tertiary/aromatic N) is 4. The standard InChI is InChI=1S/C16H20FN5O4/c1-25-9-7-21(8-10-26-2)16-14(22(23)24)15(18-11-19-16)20-13-5-3-12(17)4-6-13/h3-6,11H,7-10H2,1-2H3,(H,18,19,20). The van der Waals surface area contributed by atoms with Gasteiger partial charge in [-0.15, -0.1) is 0 Å². The van der Waals surface area contributed by atoms with Crippen molar-refractivity contribution in [3.63, 3.8) is 0 Å². The summed E-state index contributed by atoms with van der Waals surface area (Å²) in [4.78, 5) is 20.9. The van der Waals surface area contributed by atoms with Gasteiger partial charge in [0.15, 0.2) is 0 Å². The van der Waals surface area contributed by atoms with Crippen LogP contribution in [0, 0.1) is 15.9 Å². The van der Waals surface area contributed by atoms with E-state index in [1.165, 1.54) is 30.6 Å². The Labute approximate surface area is 149 Å². The Balaban J connectivity index is 2.38. The van der Waals surface area contributed by atoms with E-state index in [1.807, 2.05) is 0 Å². The lowest BCUT2D eigenvalue weighted by molar-refractivity contribution is -0.383. The summed E-state index contributed by atoms with van der Waals surface area (Å²) in [6.45, 7) is 1.53. The molecule has 0 aliphatic carbocycles. The van der Waals surface area contributed by atoms with Crippen molar-refractivity contribution >= 4 is 23.0 Å². The van der Waals surface area contributed by atoms with Crippen LogP contribution >= 0.6 is 0 Å². The molecule has 0 aliphatic rings. The molecule has 10 heteroatoms. The molecule has 1 aromatic carbocycles. The topological polar surface area (TPSA) is 103 Å². The summed E-state index contributed by atoms with van der Waals surface area (Å²) in [5.41, 5.74) is 0.198. The molecule has 1 aromatic heterocycles. The number of ether oxygens (including phenoxy) is 2. The molecule has 0 fully saturated rings. The maximum Gasteiger partial charge on any atom is 0.353 e. The quantitative estimate of drug-likeness (QED) is 0.506.